The summed E-state index contributed by atoms with van der Waals surface area (Å²) in [6.07, 6.45) is 7.35. The fourth-order valence-corrected chi connectivity index (χ4v) is 1.93. The molecule has 0 aromatic heterocycles. The molecule has 0 aromatic rings. The summed E-state index contributed by atoms with van der Waals surface area (Å²) in [6, 6.07) is 0. The molecule has 0 radical (unpaired) electrons. The lowest BCUT2D eigenvalue weighted by Crippen LogP contribution is -2.14. The van der Waals surface area contributed by atoms with E-state index in [0.717, 1.165) is 38.5 Å². The van der Waals surface area contributed by atoms with E-state index >= 15 is 0 Å². The van der Waals surface area contributed by atoms with E-state index in [2.05, 4.69) is 6.92 Å². The van der Waals surface area contributed by atoms with Crippen molar-refractivity contribution in [1.29, 1.82) is 0 Å². The molecule has 0 heterocycles. The summed E-state index contributed by atoms with van der Waals surface area (Å²) in [5, 5.41) is 8.61. The molecular weight excluding hydrogens is 348 g/mol. The first kappa shape index (κ1) is 36.7. The number of hydrogen-bond donors (Lipinski definition) is 1. The molecule has 0 aromatic carbocycles. The van der Waals surface area contributed by atoms with Crippen molar-refractivity contribution in [3.8, 4) is 0 Å². The monoisotopic (exact) mass is 396 g/mol. The largest absolute Gasteiger partial charge is 0.463 e. The number of rotatable bonds is 16. The first-order valence-electron chi connectivity index (χ1n) is 8.70. The molecule has 0 spiro atoms. The van der Waals surface area contributed by atoms with E-state index in [-0.39, 0.29) is 61.5 Å². The van der Waals surface area contributed by atoms with E-state index in [0.29, 0.717) is 32.5 Å². The predicted molar refractivity (Wildman–Crippen MR) is 114 cm³/mol. The Balaban J connectivity index is -0.000000403. The molecule has 6 nitrogen and oxygen atoms in total. The second-order valence-electron chi connectivity index (χ2n) is 5.40. The van der Waals surface area contributed by atoms with Crippen LogP contribution < -0.4 is 0 Å². The van der Waals surface area contributed by atoms with E-state index in [1.165, 1.54) is 0 Å². The molecule has 168 valence electrons. The maximum atomic E-state index is 11.4. The minimum atomic E-state index is -0.245. The van der Waals surface area contributed by atoms with Crippen LogP contribution in [0.3, 0.4) is 0 Å². The Morgan fingerprint density at radius 1 is 0.667 bits per heavy atom. The van der Waals surface area contributed by atoms with Crippen molar-refractivity contribution in [2.45, 2.75) is 94.4 Å². The third kappa shape index (κ3) is 29.9. The highest BCUT2D eigenvalue weighted by atomic mass is 16.6. The topological polar surface area (TPSA) is 82.1 Å². The van der Waals surface area contributed by atoms with Gasteiger partial charge in [0.2, 0.25) is 0 Å². The molecule has 0 aliphatic heterocycles. The zero-order valence-electron chi connectivity index (χ0n) is 14.4. The highest BCUT2D eigenvalue weighted by molar-refractivity contribution is 5.69. The van der Waals surface area contributed by atoms with Crippen LogP contribution in [0.5, 0.6) is 0 Å². The van der Waals surface area contributed by atoms with Crippen molar-refractivity contribution < 1.29 is 28.9 Å². The van der Waals surface area contributed by atoms with Crippen molar-refractivity contribution in [3.05, 3.63) is 0 Å². The van der Waals surface area contributed by atoms with Gasteiger partial charge in [-0.15, -0.1) is 0 Å². The van der Waals surface area contributed by atoms with E-state index in [1.807, 2.05) is 0 Å². The Morgan fingerprint density at radius 3 is 1.52 bits per heavy atom. The molecule has 0 amide bonds. The maximum absolute atomic E-state index is 11.4. The lowest BCUT2D eigenvalue weighted by atomic mass is 10.2. The lowest BCUT2D eigenvalue weighted by Gasteiger charge is -2.07. The van der Waals surface area contributed by atoms with E-state index in [1.54, 1.807) is 0 Å². The number of carbonyl (C=O) groups excluding carboxylic acids is 2. The second-order valence-corrected chi connectivity index (χ2v) is 5.40. The Hall–Kier alpha value is -1.14. The number of aliphatic hydroxyl groups excluding tert-OH is 1. The van der Waals surface area contributed by atoms with Gasteiger partial charge in [0.05, 0.1) is 13.2 Å². The van der Waals surface area contributed by atoms with Gasteiger partial charge in [-0.1, -0.05) is 62.3 Å². The molecule has 27 heavy (non-hydrogen) atoms. The van der Waals surface area contributed by atoms with Gasteiger partial charge in [0, 0.05) is 19.4 Å². The fraction of sp³-hybridized carbons (Fsp3) is 0.905. The summed E-state index contributed by atoms with van der Waals surface area (Å²) in [5.74, 6) is -0.427. The van der Waals surface area contributed by atoms with E-state index in [4.69, 9.17) is 19.3 Å². The lowest BCUT2D eigenvalue weighted by molar-refractivity contribution is -0.146. The molecule has 0 saturated heterocycles. The summed E-state index contributed by atoms with van der Waals surface area (Å²) in [4.78, 5) is 22.7. The van der Waals surface area contributed by atoms with Gasteiger partial charge in [0.25, 0.3) is 0 Å². The van der Waals surface area contributed by atoms with E-state index < -0.39 is 0 Å². The summed E-state index contributed by atoms with van der Waals surface area (Å²) in [5.41, 5.74) is 0. The first-order valence-corrected chi connectivity index (χ1v) is 8.70. The second kappa shape index (κ2) is 29.6. The van der Waals surface area contributed by atoms with Crippen LogP contribution in [0, 0.1) is 0 Å². The van der Waals surface area contributed by atoms with Gasteiger partial charge in [-0.2, -0.15) is 0 Å². The van der Waals surface area contributed by atoms with Crippen molar-refractivity contribution in [3.63, 3.8) is 0 Å². The molecule has 0 saturated carbocycles. The van der Waals surface area contributed by atoms with Gasteiger partial charge < -0.3 is 19.3 Å². The predicted octanol–water partition coefficient (Wildman–Crippen LogP) is 5.16. The van der Waals surface area contributed by atoms with Crippen molar-refractivity contribution in [1.82, 2.24) is 0 Å². The molecule has 6 heteroatoms. The summed E-state index contributed by atoms with van der Waals surface area (Å²) < 4.78 is 15.3. The van der Waals surface area contributed by atoms with Crippen molar-refractivity contribution >= 4 is 11.9 Å². The van der Waals surface area contributed by atoms with Gasteiger partial charge in [0.1, 0.15) is 13.2 Å². The van der Waals surface area contributed by atoms with Crippen LogP contribution in [0.4, 0.5) is 0 Å². The van der Waals surface area contributed by atoms with Gasteiger partial charge in [-0.25, -0.2) is 0 Å². The molecule has 0 fully saturated rings. The minimum absolute atomic E-state index is 0. The van der Waals surface area contributed by atoms with Crippen LogP contribution in [0.2, 0.25) is 0 Å². The summed E-state index contributed by atoms with van der Waals surface area (Å²) in [6.45, 7) is 3.35. The Labute approximate surface area is 169 Å². The Morgan fingerprint density at radius 2 is 1.11 bits per heavy atom. The molecular formula is C21H48O6. The van der Waals surface area contributed by atoms with Gasteiger partial charge in [0.15, 0.2) is 0 Å². The average Bonchev–Trinajstić information content (AvgIpc) is 2.54. The molecule has 1 N–H and O–H groups in total. The normalized spacial score (nSPS) is 8.96. The molecule has 0 rings (SSSR count). The quantitative estimate of drug-likeness (QED) is 0.287. The van der Waals surface area contributed by atoms with Crippen molar-refractivity contribution in [2.75, 3.05) is 33.0 Å². The molecule has 0 unspecified atom stereocenters. The summed E-state index contributed by atoms with van der Waals surface area (Å²) >= 11 is 0. The highest BCUT2D eigenvalue weighted by Gasteiger charge is 2.03. The van der Waals surface area contributed by atoms with Crippen LogP contribution in [0.25, 0.3) is 0 Å². The Kier molecular flexibility index (Phi) is 40.3. The van der Waals surface area contributed by atoms with Crippen molar-refractivity contribution in [2.24, 2.45) is 0 Å². The molecule has 0 aliphatic carbocycles. The third-order valence-corrected chi connectivity index (χ3v) is 3.25. The summed E-state index contributed by atoms with van der Waals surface area (Å²) in [7, 11) is 0. The zero-order chi connectivity index (χ0) is 17.2. The number of ether oxygens (including phenoxy) is 3. The number of unbranched alkanes of at least 4 members (excludes halogenated alkanes) is 5. The minimum Gasteiger partial charge on any atom is -0.463 e. The number of carbonyl (C=O) groups is 2. The smallest absolute Gasteiger partial charge is 0.305 e. The highest BCUT2D eigenvalue weighted by Crippen LogP contribution is 2.03. The zero-order valence-corrected chi connectivity index (χ0v) is 14.4. The van der Waals surface area contributed by atoms with Crippen LogP contribution >= 0.6 is 0 Å². The number of aliphatic hydroxyl groups is 1. The van der Waals surface area contributed by atoms with Crippen LogP contribution in [0.15, 0.2) is 0 Å². The van der Waals surface area contributed by atoms with Crippen LogP contribution in [0.1, 0.15) is 94.4 Å². The average molecular weight is 397 g/mol. The number of hydrogen-bond acceptors (Lipinski definition) is 6. The van der Waals surface area contributed by atoms with Gasteiger partial charge in [-0.05, 0) is 19.3 Å². The molecule has 0 atom stereocenters. The van der Waals surface area contributed by atoms with Crippen LogP contribution in [-0.2, 0) is 23.8 Å². The fourth-order valence-electron chi connectivity index (χ4n) is 1.93. The third-order valence-electron chi connectivity index (χ3n) is 3.25. The number of esters is 2. The van der Waals surface area contributed by atoms with Gasteiger partial charge in [-0.3, -0.25) is 9.59 Å². The molecule has 0 aliphatic rings. The standard InChI is InChI=1S/C17H32O6.4CH4/c1-2-3-4-6-9-16(19)22-14-12-21-13-15-23-17(20)10-7-5-8-11-18;;;;/h18H,2-15H2,1H3;4*1H4. The Bertz CT molecular complexity index is 266. The van der Waals surface area contributed by atoms with Gasteiger partial charge >= 0.3 is 11.9 Å². The van der Waals surface area contributed by atoms with E-state index in [9.17, 15) is 9.59 Å². The molecule has 0 bridgehead atoms. The first-order chi connectivity index (χ1) is 11.2. The van der Waals surface area contributed by atoms with Crippen LogP contribution in [-0.4, -0.2) is 50.1 Å². The maximum Gasteiger partial charge on any atom is 0.305 e. The SMILES string of the molecule is C.C.C.C.CCCCCCC(=O)OCCOCCOC(=O)CCCCCO.